The highest BCUT2D eigenvalue weighted by Crippen LogP contribution is 2.11. The lowest BCUT2D eigenvalue weighted by atomic mass is 10.1. The van der Waals surface area contributed by atoms with Crippen LogP contribution in [0.1, 0.15) is 6.92 Å². The minimum Gasteiger partial charge on any atom is -0.402 e. The average molecular weight is 234 g/mol. The first kappa shape index (κ1) is 12.9. The minimum atomic E-state index is -0.578. The van der Waals surface area contributed by atoms with Crippen molar-refractivity contribution in [3.05, 3.63) is 48.5 Å². The molecule has 0 unspecified atom stereocenters. The lowest BCUT2D eigenvalue weighted by Crippen LogP contribution is -1.98. The van der Waals surface area contributed by atoms with Crippen molar-refractivity contribution >= 4 is 20.8 Å². The predicted molar refractivity (Wildman–Crippen MR) is 71.1 cm³/mol. The maximum atomic E-state index is 4.90. The molecule has 16 heavy (non-hydrogen) atoms. The van der Waals surface area contributed by atoms with Crippen LogP contribution in [-0.4, -0.2) is 23.7 Å². The van der Waals surface area contributed by atoms with Gasteiger partial charge in [0.15, 0.2) is 0 Å². The second-order valence-electron chi connectivity index (χ2n) is 3.25. The maximum absolute atomic E-state index is 4.90. The molecule has 2 aromatic carbocycles. The first-order valence-corrected chi connectivity index (χ1v) is 6.54. The number of rotatable bonds is 3. The van der Waals surface area contributed by atoms with Crippen molar-refractivity contribution in [2.45, 2.75) is 6.92 Å². The lowest BCUT2D eigenvalue weighted by Gasteiger charge is -1.92. The fourth-order valence-electron chi connectivity index (χ4n) is 1.30. The quantitative estimate of drug-likeness (QED) is 0.600. The van der Waals surface area contributed by atoms with Gasteiger partial charge in [-0.05, 0) is 17.7 Å². The number of hydrogen-bond donors (Lipinski definition) is 0. The molecule has 3 heteroatoms. The van der Waals surface area contributed by atoms with E-state index in [9.17, 15) is 0 Å². The third-order valence-corrected chi connectivity index (χ3v) is 2.87. The van der Waals surface area contributed by atoms with Gasteiger partial charge in [-0.3, -0.25) is 0 Å². The zero-order chi connectivity index (χ0) is 11.6. The fraction of sp³-hybridized carbons (Fsp3) is 0.231. The molecule has 2 rings (SSSR count). The van der Waals surface area contributed by atoms with Crippen molar-refractivity contribution in [3.8, 4) is 0 Å². The van der Waals surface area contributed by atoms with Crippen LogP contribution >= 0.6 is 0 Å². The Bertz CT molecular complexity index is 334. The van der Waals surface area contributed by atoms with E-state index < -0.39 is 10.0 Å². The molecule has 0 heterocycles. The van der Waals surface area contributed by atoms with E-state index in [1.165, 1.54) is 10.8 Å². The van der Waals surface area contributed by atoms with E-state index in [1.54, 1.807) is 7.11 Å². The molecule has 2 nitrogen and oxygen atoms in total. The second kappa shape index (κ2) is 8.04. The van der Waals surface area contributed by atoms with Gasteiger partial charge < -0.3 is 8.85 Å². The van der Waals surface area contributed by atoms with E-state index in [4.69, 9.17) is 8.85 Å². The summed E-state index contributed by atoms with van der Waals surface area (Å²) in [5.41, 5.74) is 0. The monoisotopic (exact) mass is 234 g/mol. The molecule has 0 fully saturated rings. The van der Waals surface area contributed by atoms with Crippen molar-refractivity contribution in [2.24, 2.45) is 0 Å². The fourth-order valence-corrected chi connectivity index (χ4v) is 1.63. The summed E-state index contributed by atoms with van der Waals surface area (Å²) in [5, 5.41) is 2.62. The summed E-state index contributed by atoms with van der Waals surface area (Å²) in [5.74, 6) is 0. The van der Waals surface area contributed by atoms with Crippen molar-refractivity contribution in [3.63, 3.8) is 0 Å². The molecule has 0 aromatic heterocycles. The minimum absolute atomic E-state index is 0.578. The number of fused-ring (bicyclic) bond motifs is 1. The molecule has 0 aliphatic carbocycles. The normalized spacial score (nSPS) is 10.4. The Morgan fingerprint density at radius 2 is 1.38 bits per heavy atom. The molecular formula is C13H18O2Si. The van der Waals surface area contributed by atoms with Crippen LogP contribution in [0.2, 0.25) is 0 Å². The Morgan fingerprint density at radius 1 is 0.938 bits per heavy atom. The van der Waals surface area contributed by atoms with Gasteiger partial charge in [0.05, 0.1) is 0 Å². The van der Waals surface area contributed by atoms with Crippen molar-refractivity contribution in [2.75, 3.05) is 13.7 Å². The molecule has 0 radical (unpaired) electrons. The molecular weight excluding hydrogens is 216 g/mol. The topological polar surface area (TPSA) is 18.5 Å². The van der Waals surface area contributed by atoms with E-state index in [2.05, 4.69) is 48.5 Å². The van der Waals surface area contributed by atoms with Crippen LogP contribution in [0.15, 0.2) is 48.5 Å². The summed E-state index contributed by atoms with van der Waals surface area (Å²) in [6.07, 6.45) is 0. The molecule has 0 saturated carbocycles. The molecule has 0 aliphatic heterocycles. The molecule has 86 valence electrons. The smallest absolute Gasteiger partial charge is 0.304 e. The maximum Gasteiger partial charge on any atom is 0.304 e. The molecule has 0 atom stereocenters. The molecule has 2 aromatic rings. The molecule has 0 spiro atoms. The van der Waals surface area contributed by atoms with E-state index in [-0.39, 0.29) is 0 Å². The standard InChI is InChI=1S/C10H8.C3H10O2Si/c1-2-6-10-8-4-3-7-9(10)5-1;1-3-5-6-4-2/h1-8H;3,6H2,1-2H3. The molecule has 0 amide bonds. The molecule has 0 N–H and O–H groups in total. The SMILES string of the molecule is CCO[SiH2]OC.c1ccc2ccccc2c1. The first-order valence-electron chi connectivity index (χ1n) is 5.39. The summed E-state index contributed by atoms with van der Waals surface area (Å²) >= 11 is 0. The van der Waals surface area contributed by atoms with E-state index in [1.807, 2.05) is 6.92 Å². The molecule has 0 bridgehead atoms. The van der Waals surface area contributed by atoms with Crippen molar-refractivity contribution in [1.29, 1.82) is 0 Å². The van der Waals surface area contributed by atoms with Gasteiger partial charge in [-0.15, -0.1) is 0 Å². The number of hydrogen-bond acceptors (Lipinski definition) is 2. The zero-order valence-corrected chi connectivity index (χ0v) is 11.3. The lowest BCUT2D eigenvalue weighted by molar-refractivity contribution is 0.269. The Balaban J connectivity index is 0.000000187. The van der Waals surface area contributed by atoms with Crippen LogP contribution in [0, 0.1) is 0 Å². The predicted octanol–water partition coefficient (Wildman–Crippen LogP) is 2.51. The van der Waals surface area contributed by atoms with Gasteiger partial charge in [-0.25, -0.2) is 0 Å². The largest absolute Gasteiger partial charge is 0.402 e. The van der Waals surface area contributed by atoms with Gasteiger partial charge in [-0.2, -0.15) is 0 Å². The van der Waals surface area contributed by atoms with Crippen LogP contribution in [-0.2, 0) is 8.85 Å². The highest BCUT2D eigenvalue weighted by Gasteiger charge is 1.85. The zero-order valence-electron chi connectivity index (χ0n) is 9.85. The highest BCUT2D eigenvalue weighted by atomic mass is 28.3. The Kier molecular flexibility index (Phi) is 6.49. The summed E-state index contributed by atoms with van der Waals surface area (Å²) < 4.78 is 9.60. The second-order valence-corrected chi connectivity index (χ2v) is 4.47. The van der Waals surface area contributed by atoms with E-state index in [0.29, 0.717) is 0 Å². The first-order chi connectivity index (χ1) is 7.88. The summed E-state index contributed by atoms with van der Waals surface area (Å²) in [6, 6.07) is 16.7. The van der Waals surface area contributed by atoms with Crippen molar-refractivity contribution < 1.29 is 8.85 Å². The highest BCUT2D eigenvalue weighted by molar-refractivity contribution is 6.17. The van der Waals surface area contributed by atoms with Gasteiger partial charge in [-0.1, -0.05) is 48.5 Å². The van der Waals surface area contributed by atoms with Crippen LogP contribution < -0.4 is 0 Å². The average Bonchev–Trinajstić information content (AvgIpc) is 2.37. The third kappa shape index (κ3) is 4.57. The Hall–Kier alpha value is -1.16. The van der Waals surface area contributed by atoms with Crippen molar-refractivity contribution in [1.82, 2.24) is 0 Å². The van der Waals surface area contributed by atoms with Gasteiger partial charge in [0.1, 0.15) is 0 Å². The van der Waals surface area contributed by atoms with Gasteiger partial charge >= 0.3 is 10.0 Å². The Morgan fingerprint density at radius 3 is 1.62 bits per heavy atom. The third-order valence-electron chi connectivity index (χ3n) is 2.06. The van der Waals surface area contributed by atoms with Gasteiger partial charge in [0.25, 0.3) is 0 Å². The Labute approximate surface area is 99.3 Å². The van der Waals surface area contributed by atoms with Gasteiger partial charge in [0, 0.05) is 13.7 Å². The van der Waals surface area contributed by atoms with E-state index >= 15 is 0 Å². The van der Waals surface area contributed by atoms with E-state index in [0.717, 1.165) is 6.61 Å². The van der Waals surface area contributed by atoms with Gasteiger partial charge in [0.2, 0.25) is 0 Å². The summed E-state index contributed by atoms with van der Waals surface area (Å²) in [7, 11) is 1.09. The molecule has 0 aliphatic rings. The van der Waals surface area contributed by atoms with Crippen LogP contribution in [0.25, 0.3) is 10.8 Å². The van der Waals surface area contributed by atoms with Crippen LogP contribution in [0.5, 0.6) is 0 Å². The number of benzene rings is 2. The van der Waals surface area contributed by atoms with Crippen LogP contribution in [0.3, 0.4) is 0 Å². The summed E-state index contributed by atoms with van der Waals surface area (Å²) in [6.45, 7) is 2.76. The molecule has 0 saturated heterocycles. The summed E-state index contributed by atoms with van der Waals surface area (Å²) in [4.78, 5) is 0. The van der Waals surface area contributed by atoms with Crippen LogP contribution in [0.4, 0.5) is 0 Å².